The number of aromatic nitrogens is 3. The first kappa shape index (κ1) is 16.9. The Hall–Kier alpha value is -3.59. The molecule has 0 saturated carbocycles. The molecule has 0 bridgehead atoms. The van der Waals surface area contributed by atoms with E-state index in [2.05, 4.69) is 15.4 Å². The number of carbonyl (C=O) groups is 1. The first-order valence-electron chi connectivity index (χ1n) is 8.04. The predicted octanol–water partition coefficient (Wildman–Crippen LogP) is 3.31. The number of hydrogen-bond donors (Lipinski definition) is 3. The SMILES string of the molecule is Cc1ccc(Oc2ccc3nc(N)cn3n2)cc1NC(=O)c1sccc1N. The van der Waals surface area contributed by atoms with Gasteiger partial charge in [0, 0.05) is 17.8 Å². The molecule has 0 saturated heterocycles. The second-order valence-corrected chi connectivity index (χ2v) is 6.79. The van der Waals surface area contributed by atoms with Gasteiger partial charge in [0.05, 0.1) is 11.9 Å². The molecule has 0 atom stereocenters. The minimum absolute atomic E-state index is 0.254. The largest absolute Gasteiger partial charge is 0.438 e. The number of hydrogen-bond acceptors (Lipinski definition) is 7. The minimum atomic E-state index is -0.254. The Balaban J connectivity index is 1.57. The second kappa shape index (κ2) is 6.61. The topological polar surface area (TPSA) is 121 Å². The van der Waals surface area contributed by atoms with E-state index in [1.807, 2.05) is 13.0 Å². The summed E-state index contributed by atoms with van der Waals surface area (Å²) in [6.45, 7) is 1.90. The van der Waals surface area contributed by atoms with E-state index in [-0.39, 0.29) is 5.91 Å². The number of rotatable bonds is 4. The van der Waals surface area contributed by atoms with Gasteiger partial charge in [-0.05, 0) is 36.1 Å². The molecule has 0 radical (unpaired) electrons. The maximum absolute atomic E-state index is 12.4. The summed E-state index contributed by atoms with van der Waals surface area (Å²) in [5.74, 6) is 1.04. The summed E-state index contributed by atoms with van der Waals surface area (Å²) in [5, 5.41) is 8.96. The highest BCUT2D eigenvalue weighted by Crippen LogP contribution is 2.27. The number of benzene rings is 1. The molecule has 4 aromatic rings. The number of thiophene rings is 1. The van der Waals surface area contributed by atoms with E-state index in [9.17, 15) is 4.79 Å². The second-order valence-electron chi connectivity index (χ2n) is 5.88. The van der Waals surface area contributed by atoms with Crippen LogP contribution in [0.4, 0.5) is 17.2 Å². The van der Waals surface area contributed by atoms with Gasteiger partial charge in [-0.2, -0.15) is 0 Å². The number of aryl methyl sites for hydroxylation is 1. The summed E-state index contributed by atoms with van der Waals surface area (Å²) >= 11 is 1.30. The monoisotopic (exact) mass is 380 g/mol. The van der Waals surface area contributed by atoms with Crippen LogP contribution in [0.3, 0.4) is 0 Å². The zero-order valence-electron chi connectivity index (χ0n) is 14.3. The summed E-state index contributed by atoms with van der Waals surface area (Å²) < 4.78 is 7.36. The van der Waals surface area contributed by atoms with Crippen LogP contribution < -0.4 is 21.5 Å². The normalized spacial score (nSPS) is 10.9. The quantitative estimate of drug-likeness (QED) is 0.499. The zero-order chi connectivity index (χ0) is 19.0. The number of amides is 1. The van der Waals surface area contributed by atoms with E-state index >= 15 is 0 Å². The number of nitrogens with zero attached hydrogens (tertiary/aromatic N) is 3. The molecule has 4 rings (SSSR count). The molecule has 1 amide bonds. The number of nitrogens with two attached hydrogens (primary N) is 2. The molecule has 3 heterocycles. The standard InChI is InChI=1S/C18H16N6O2S/c1-10-2-3-11(8-13(10)21-18(25)17-12(19)6-7-27-17)26-16-5-4-15-22-14(20)9-24(15)23-16/h2-9H,19-20H2,1H3,(H,21,25). The molecular formula is C18H16N6O2S. The van der Waals surface area contributed by atoms with Crippen LogP contribution in [0.5, 0.6) is 11.6 Å². The van der Waals surface area contributed by atoms with E-state index in [4.69, 9.17) is 16.2 Å². The Morgan fingerprint density at radius 1 is 1.22 bits per heavy atom. The fourth-order valence-corrected chi connectivity index (χ4v) is 3.25. The van der Waals surface area contributed by atoms with E-state index in [1.54, 1.807) is 46.4 Å². The third-order valence-electron chi connectivity index (χ3n) is 3.90. The lowest BCUT2D eigenvalue weighted by atomic mass is 10.2. The maximum Gasteiger partial charge on any atom is 0.267 e. The van der Waals surface area contributed by atoms with Crippen LogP contribution in [-0.2, 0) is 0 Å². The van der Waals surface area contributed by atoms with Gasteiger partial charge in [-0.1, -0.05) is 6.07 Å². The van der Waals surface area contributed by atoms with E-state index in [0.717, 1.165) is 5.56 Å². The highest BCUT2D eigenvalue weighted by molar-refractivity contribution is 7.12. The molecule has 136 valence electrons. The molecule has 0 fully saturated rings. The number of anilines is 3. The van der Waals surface area contributed by atoms with Crippen molar-refractivity contribution in [2.45, 2.75) is 6.92 Å². The zero-order valence-corrected chi connectivity index (χ0v) is 15.2. The van der Waals surface area contributed by atoms with Crippen LogP contribution in [0.15, 0.2) is 48.0 Å². The van der Waals surface area contributed by atoms with Crippen LogP contribution in [-0.4, -0.2) is 20.5 Å². The molecule has 9 heteroatoms. The van der Waals surface area contributed by atoms with Crippen LogP contribution in [0.25, 0.3) is 5.65 Å². The number of nitrogens with one attached hydrogen (secondary N) is 1. The highest BCUT2D eigenvalue weighted by Gasteiger charge is 2.13. The number of carbonyl (C=O) groups excluding carboxylic acids is 1. The molecule has 27 heavy (non-hydrogen) atoms. The molecule has 0 spiro atoms. The van der Waals surface area contributed by atoms with Gasteiger partial charge in [0.2, 0.25) is 5.88 Å². The Morgan fingerprint density at radius 2 is 2.07 bits per heavy atom. The van der Waals surface area contributed by atoms with E-state index in [0.29, 0.717) is 39.3 Å². The van der Waals surface area contributed by atoms with Crippen LogP contribution in [0.1, 0.15) is 15.2 Å². The number of fused-ring (bicyclic) bond motifs is 1. The molecule has 5 N–H and O–H groups in total. The summed E-state index contributed by atoms with van der Waals surface area (Å²) in [6.07, 6.45) is 1.61. The molecular weight excluding hydrogens is 364 g/mol. The van der Waals surface area contributed by atoms with Crippen molar-refractivity contribution < 1.29 is 9.53 Å². The lowest BCUT2D eigenvalue weighted by molar-refractivity contribution is 0.103. The Labute approximate surface area is 158 Å². The fourth-order valence-electron chi connectivity index (χ4n) is 2.54. The van der Waals surface area contributed by atoms with Gasteiger partial charge < -0.3 is 21.5 Å². The van der Waals surface area contributed by atoms with Gasteiger partial charge in [-0.3, -0.25) is 4.79 Å². The summed E-state index contributed by atoms with van der Waals surface area (Å²) in [5.41, 5.74) is 14.1. The van der Waals surface area contributed by atoms with Gasteiger partial charge in [0.15, 0.2) is 5.65 Å². The summed E-state index contributed by atoms with van der Waals surface area (Å²) in [6, 6.07) is 10.6. The highest BCUT2D eigenvalue weighted by atomic mass is 32.1. The van der Waals surface area contributed by atoms with Crippen molar-refractivity contribution in [3.63, 3.8) is 0 Å². The van der Waals surface area contributed by atoms with Crippen molar-refractivity contribution in [1.29, 1.82) is 0 Å². The first-order valence-corrected chi connectivity index (χ1v) is 8.92. The average molecular weight is 380 g/mol. The van der Waals surface area contributed by atoms with Crippen molar-refractivity contribution in [3.8, 4) is 11.6 Å². The molecule has 8 nitrogen and oxygen atoms in total. The van der Waals surface area contributed by atoms with Crippen LogP contribution in [0, 0.1) is 6.92 Å². The number of nitrogen functional groups attached to an aromatic ring is 2. The lowest BCUT2D eigenvalue weighted by Gasteiger charge is -2.11. The van der Waals surface area contributed by atoms with Crippen molar-refractivity contribution in [2.75, 3.05) is 16.8 Å². The minimum Gasteiger partial charge on any atom is -0.438 e. The van der Waals surface area contributed by atoms with Crippen molar-refractivity contribution in [2.24, 2.45) is 0 Å². The van der Waals surface area contributed by atoms with Crippen molar-refractivity contribution >= 4 is 40.1 Å². The lowest BCUT2D eigenvalue weighted by Crippen LogP contribution is -2.12. The van der Waals surface area contributed by atoms with Crippen molar-refractivity contribution in [1.82, 2.24) is 14.6 Å². The van der Waals surface area contributed by atoms with Gasteiger partial charge >= 0.3 is 0 Å². The van der Waals surface area contributed by atoms with Crippen molar-refractivity contribution in [3.05, 3.63) is 58.4 Å². The molecule has 0 aliphatic rings. The average Bonchev–Trinajstić information content (AvgIpc) is 3.22. The molecule has 0 aliphatic heterocycles. The fraction of sp³-hybridized carbons (Fsp3) is 0.0556. The first-order chi connectivity index (χ1) is 13.0. The van der Waals surface area contributed by atoms with Gasteiger partial charge in [0.1, 0.15) is 16.4 Å². The molecule has 3 aromatic heterocycles. The van der Waals surface area contributed by atoms with Gasteiger partial charge in [-0.15, -0.1) is 16.4 Å². The van der Waals surface area contributed by atoms with Gasteiger partial charge in [0.25, 0.3) is 5.91 Å². The van der Waals surface area contributed by atoms with Gasteiger partial charge in [-0.25, -0.2) is 9.50 Å². The Kier molecular flexibility index (Phi) is 4.13. The molecule has 0 aliphatic carbocycles. The van der Waals surface area contributed by atoms with E-state index in [1.165, 1.54) is 11.3 Å². The predicted molar refractivity (Wildman–Crippen MR) is 105 cm³/mol. The smallest absolute Gasteiger partial charge is 0.267 e. The van der Waals surface area contributed by atoms with Crippen LogP contribution >= 0.6 is 11.3 Å². The Morgan fingerprint density at radius 3 is 2.85 bits per heavy atom. The number of ether oxygens (including phenoxy) is 1. The molecule has 1 aromatic carbocycles. The third kappa shape index (κ3) is 3.40. The van der Waals surface area contributed by atoms with E-state index < -0.39 is 0 Å². The molecule has 0 unspecified atom stereocenters. The third-order valence-corrected chi connectivity index (χ3v) is 4.82. The maximum atomic E-state index is 12.4. The van der Waals surface area contributed by atoms with Crippen LogP contribution in [0.2, 0.25) is 0 Å². The Bertz CT molecular complexity index is 1150. The summed E-state index contributed by atoms with van der Waals surface area (Å²) in [4.78, 5) is 17.0. The number of imidazole rings is 1. The summed E-state index contributed by atoms with van der Waals surface area (Å²) in [7, 11) is 0.